The minimum Gasteiger partial charge on any atom is -0.378 e. The molecule has 0 heterocycles. The van der Waals surface area contributed by atoms with Gasteiger partial charge in [-0.3, -0.25) is 4.79 Å². The fourth-order valence-electron chi connectivity index (χ4n) is 6.66. The summed E-state index contributed by atoms with van der Waals surface area (Å²) in [5.41, 5.74) is 0.823. The number of aliphatic hydroxyl groups is 1. The van der Waals surface area contributed by atoms with E-state index in [0.29, 0.717) is 48.1 Å². The molecule has 4 aliphatic carbocycles. The van der Waals surface area contributed by atoms with E-state index in [0.717, 1.165) is 11.1 Å². The van der Waals surface area contributed by atoms with Gasteiger partial charge in [0, 0.05) is 49.7 Å². The van der Waals surface area contributed by atoms with Crippen molar-refractivity contribution in [1.29, 1.82) is 0 Å². The van der Waals surface area contributed by atoms with E-state index in [9.17, 15) is 11.3 Å². The topological polar surface area (TPSA) is 40.5 Å². The Labute approximate surface area is 205 Å². The number of rotatable bonds is 2. The second-order valence-corrected chi connectivity index (χ2v) is 9.73. The summed E-state index contributed by atoms with van der Waals surface area (Å²) in [5, 5.41) is 11.8. The number of allylic oxidation sites excluding steroid dienone is 4. The first-order chi connectivity index (χ1) is 18.8. The Morgan fingerprint density at radius 3 is 2.75 bits per heavy atom. The molecule has 1 aromatic rings. The maximum atomic E-state index is 12.6. The van der Waals surface area contributed by atoms with Gasteiger partial charge in [-0.05, 0) is 92.2 Å². The number of nitrogens with zero attached hydrogens (tertiary/aromatic N) is 1. The Morgan fingerprint density at radius 2 is 2.03 bits per heavy atom. The number of anilines is 1. The van der Waals surface area contributed by atoms with Gasteiger partial charge in [0.1, 0.15) is 5.60 Å². The molecule has 1 N–H and O–H groups in total. The van der Waals surface area contributed by atoms with E-state index in [4.69, 9.17) is 11.0 Å². The maximum absolute atomic E-state index is 12.6. The molecule has 0 spiro atoms. The van der Waals surface area contributed by atoms with Crippen LogP contribution in [0.2, 0.25) is 0 Å². The number of ketones is 1. The molecule has 0 bridgehead atoms. The Hall–Kier alpha value is -2.31. The molecule has 5 rings (SSSR count). The van der Waals surface area contributed by atoms with Gasteiger partial charge in [0.25, 0.3) is 0 Å². The molecule has 0 aromatic heterocycles. The second kappa shape index (κ2) is 7.63. The Morgan fingerprint density at radius 1 is 1.25 bits per heavy atom. The van der Waals surface area contributed by atoms with Crippen LogP contribution < -0.4 is 4.90 Å². The molecular formula is C29H35NO2. The number of carbonyl (C=O) groups excluding carboxylic acids is 1. The van der Waals surface area contributed by atoms with Crippen LogP contribution in [0.3, 0.4) is 0 Å². The number of carbonyl (C=O) groups is 1. The lowest BCUT2D eigenvalue weighted by Gasteiger charge is -2.53. The van der Waals surface area contributed by atoms with E-state index in [1.807, 2.05) is 6.92 Å². The standard InChI is InChI=1S/C29H35NO2/c1-5-15-29(32)16-14-26-24-12-8-20-17-22(31)11-13-23(20)27(24)25(18-28(26,29)2)19-6-9-21(10-7-19)30(3)4/h6-7,9-10,17,24-26,32H,8,11-14,16,18H2,1-4H3/t24-,25+,26-,28-,29-/m0/s1/i3D3,4D3,11D2,24D. The Bertz CT molecular complexity index is 1380. The number of hydrogen-bond acceptors (Lipinski definition) is 3. The average Bonchev–Trinajstić information content (AvgIpc) is 3.09. The maximum Gasteiger partial charge on any atom is 0.156 e. The number of fused-ring (bicyclic) bond motifs is 4. The van der Waals surface area contributed by atoms with Crippen LogP contribution in [0.15, 0.2) is 47.1 Å². The first-order valence-electron chi connectivity index (χ1n) is 15.8. The van der Waals surface area contributed by atoms with Crippen LogP contribution in [0, 0.1) is 29.1 Å². The third kappa shape index (κ3) is 3.11. The molecule has 0 aliphatic heterocycles. The van der Waals surface area contributed by atoms with Crippen molar-refractivity contribution in [3.8, 4) is 11.8 Å². The zero-order valence-electron chi connectivity index (χ0n) is 27.6. The fraction of sp³-hybridized carbons (Fsp3) is 0.552. The molecule has 4 aliphatic rings. The molecule has 0 unspecified atom stereocenters. The van der Waals surface area contributed by atoms with Crippen LogP contribution in [0.1, 0.15) is 82.6 Å². The summed E-state index contributed by atoms with van der Waals surface area (Å²) in [6, 6.07) is 6.25. The first-order valence-corrected chi connectivity index (χ1v) is 11.3. The third-order valence-electron chi connectivity index (χ3n) is 8.26. The zero-order valence-corrected chi connectivity index (χ0v) is 18.6. The molecule has 168 valence electrons. The van der Waals surface area contributed by atoms with Crippen molar-refractivity contribution in [3.05, 3.63) is 52.6 Å². The monoisotopic (exact) mass is 438 g/mol. The van der Waals surface area contributed by atoms with Crippen LogP contribution in [0.4, 0.5) is 5.69 Å². The van der Waals surface area contributed by atoms with Crippen molar-refractivity contribution < 1.29 is 22.2 Å². The summed E-state index contributed by atoms with van der Waals surface area (Å²) < 4.78 is 73.5. The molecule has 0 amide bonds. The van der Waals surface area contributed by atoms with Gasteiger partial charge < -0.3 is 10.0 Å². The lowest BCUT2D eigenvalue weighted by Crippen LogP contribution is -2.51. The molecular weight excluding hydrogens is 394 g/mol. The lowest BCUT2D eigenvalue weighted by molar-refractivity contribution is -0.114. The summed E-state index contributed by atoms with van der Waals surface area (Å²) in [7, 11) is 0. The fourth-order valence-corrected chi connectivity index (χ4v) is 6.66. The van der Waals surface area contributed by atoms with Crippen molar-refractivity contribution in [3.63, 3.8) is 0 Å². The molecule has 1 aromatic carbocycles. The minimum absolute atomic E-state index is 0.00137. The van der Waals surface area contributed by atoms with Crippen molar-refractivity contribution in [2.45, 2.75) is 70.3 Å². The normalized spacial score (nSPS) is 44.7. The molecule has 3 heteroatoms. The molecule has 32 heavy (non-hydrogen) atoms. The highest BCUT2D eigenvalue weighted by atomic mass is 16.3. The second-order valence-electron chi connectivity index (χ2n) is 9.73. The first kappa shape index (κ1) is 13.4. The number of hydrogen-bond donors (Lipinski definition) is 1. The minimum atomic E-state index is -2.90. The predicted octanol–water partition coefficient (Wildman–Crippen LogP) is 5.41. The van der Waals surface area contributed by atoms with Crippen LogP contribution in [0.5, 0.6) is 0 Å². The number of benzene rings is 1. The SMILES string of the molecule is [2H]C1([2H])CC2=C3[C@@H](c4ccc(N(C([2H])([2H])[2H])C([2H])([2H])[2H])cc4)C[C@@]4(C)[C@@H](CC[C@@]4(O)C#CC)[C@]3([2H])CCC2=CC1=O. The summed E-state index contributed by atoms with van der Waals surface area (Å²) in [5.74, 6) is 3.50. The Balaban J connectivity index is 1.71. The van der Waals surface area contributed by atoms with Crippen molar-refractivity contribution in [2.24, 2.45) is 17.2 Å². The molecule has 0 radical (unpaired) electrons. The van der Waals surface area contributed by atoms with Gasteiger partial charge >= 0.3 is 0 Å². The summed E-state index contributed by atoms with van der Waals surface area (Å²) >= 11 is 0. The average molecular weight is 439 g/mol. The van der Waals surface area contributed by atoms with E-state index >= 15 is 0 Å². The molecule has 0 saturated heterocycles. The van der Waals surface area contributed by atoms with Crippen molar-refractivity contribution >= 4 is 11.5 Å². The van der Waals surface area contributed by atoms with E-state index in [2.05, 4.69) is 11.8 Å². The van der Waals surface area contributed by atoms with Crippen LogP contribution in [0.25, 0.3) is 0 Å². The highest BCUT2D eigenvalue weighted by Crippen LogP contribution is 2.66. The van der Waals surface area contributed by atoms with Crippen LogP contribution in [-0.2, 0) is 4.79 Å². The van der Waals surface area contributed by atoms with Gasteiger partial charge in [-0.15, -0.1) is 5.92 Å². The highest BCUT2D eigenvalue weighted by Gasteiger charge is 2.62. The highest BCUT2D eigenvalue weighted by molar-refractivity contribution is 5.93. The van der Waals surface area contributed by atoms with E-state index < -0.39 is 48.9 Å². The van der Waals surface area contributed by atoms with Gasteiger partial charge in [0.2, 0.25) is 0 Å². The van der Waals surface area contributed by atoms with Gasteiger partial charge in [-0.25, -0.2) is 0 Å². The molecule has 5 atom stereocenters. The third-order valence-corrected chi connectivity index (χ3v) is 8.26. The zero-order chi connectivity index (χ0) is 30.4. The lowest BCUT2D eigenvalue weighted by atomic mass is 9.51. The van der Waals surface area contributed by atoms with Crippen LogP contribution >= 0.6 is 0 Å². The molecule has 2 saturated carbocycles. The smallest absolute Gasteiger partial charge is 0.156 e. The summed E-state index contributed by atoms with van der Waals surface area (Å²) in [6.07, 6.45) is 1.46. The van der Waals surface area contributed by atoms with E-state index in [1.54, 1.807) is 19.1 Å². The van der Waals surface area contributed by atoms with Crippen molar-refractivity contribution in [2.75, 3.05) is 18.9 Å². The van der Waals surface area contributed by atoms with Crippen molar-refractivity contribution in [1.82, 2.24) is 0 Å². The largest absolute Gasteiger partial charge is 0.378 e. The van der Waals surface area contributed by atoms with E-state index in [1.165, 1.54) is 18.2 Å². The molecule has 2 fully saturated rings. The summed E-state index contributed by atoms with van der Waals surface area (Å²) in [4.78, 5) is 13.0. The van der Waals surface area contributed by atoms with Gasteiger partial charge in [-0.1, -0.05) is 30.6 Å². The van der Waals surface area contributed by atoms with Crippen LogP contribution in [-0.4, -0.2) is 30.4 Å². The van der Waals surface area contributed by atoms with E-state index in [-0.39, 0.29) is 18.0 Å². The van der Waals surface area contributed by atoms with Gasteiger partial charge in [0.05, 0.1) is 0 Å². The molecule has 3 nitrogen and oxygen atoms in total. The quantitative estimate of drug-likeness (QED) is 0.628. The predicted molar refractivity (Wildman–Crippen MR) is 129 cm³/mol. The van der Waals surface area contributed by atoms with Gasteiger partial charge in [-0.2, -0.15) is 0 Å². The summed E-state index contributed by atoms with van der Waals surface area (Å²) in [6.45, 7) is -2.14. The Kier molecular flexibility index (Phi) is 3.20. The van der Waals surface area contributed by atoms with Gasteiger partial charge in [0.15, 0.2) is 5.78 Å².